The standard InChI is InChI=1S/C10H12BrNO/c1-6-2-3-8-9(10(6)11)7(12)4-5-13-8/h2-3,7H,4-5,12H2,1H3/t7-/m1/s1. The minimum atomic E-state index is 0.109. The quantitative estimate of drug-likeness (QED) is 0.758. The lowest BCUT2D eigenvalue weighted by molar-refractivity contribution is 0.268. The third kappa shape index (κ3) is 1.46. The van der Waals surface area contributed by atoms with E-state index in [1.54, 1.807) is 0 Å². The maximum Gasteiger partial charge on any atom is 0.125 e. The van der Waals surface area contributed by atoms with Crippen LogP contribution in [0.2, 0.25) is 0 Å². The van der Waals surface area contributed by atoms with Crippen LogP contribution in [-0.4, -0.2) is 6.61 Å². The lowest BCUT2D eigenvalue weighted by atomic mass is 9.99. The van der Waals surface area contributed by atoms with Gasteiger partial charge in [0.25, 0.3) is 0 Å². The highest BCUT2D eigenvalue weighted by Gasteiger charge is 2.21. The van der Waals surface area contributed by atoms with Crippen LogP contribution in [0.15, 0.2) is 16.6 Å². The second-order valence-electron chi connectivity index (χ2n) is 3.35. The molecule has 2 rings (SSSR count). The first-order valence-electron chi connectivity index (χ1n) is 4.37. The van der Waals surface area contributed by atoms with Crippen LogP contribution < -0.4 is 10.5 Å². The van der Waals surface area contributed by atoms with E-state index < -0.39 is 0 Å². The molecular weight excluding hydrogens is 230 g/mol. The van der Waals surface area contributed by atoms with Crippen molar-refractivity contribution < 1.29 is 4.74 Å². The Kier molecular flexibility index (Phi) is 2.30. The summed E-state index contributed by atoms with van der Waals surface area (Å²) < 4.78 is 6.61. The zero-order valence-electron chi connectivity index (χ0n) is 7.51. The van der Waals surface area contributed by atoms with E-state index in [2.05, 4.69) is 22.9 Å². The second kappa shape index (κ2) is 3.31. The van der Waals surface area contributed by atoms with E-state index in [-0.39, 0.29) is 6.04 Å². The van der Waals surface area contributed by atoms with E-state index in [4.69, 9.17) is 10.5 Å². The third-order valence-electron chi connectivity index (χ3n) is 2.39. The maximum absolute atomic E-state index is 6.01. The van der Waals surface area contributed by atoms with Gasteiger partial charge in [0.15, 0.2) is 0 Å². The number of halogens is 1. The fraction of sp³-hybridized carbons (Fsp3) is 0.400. The van der Waals surface area contributed by atoms with E-state index in [0.29, 0.717) is 0 Å². The van der Waals surface area contributed by atoms with E-state index >= 15 is 0 Å². The van der Waals surface area contributed by atoms with Gasteiger partial charge >= 0.3 is 0 Å². The minimum Gasteiger partial charge on any atom is -0.493 e. The average molecular weight is 242 g/mol. The van der Waals surface area contributed by atoms with E-state index in [1.165, 1.54) is 5.56 Å². The summed E-state index contributed by atoms with van der Waals surface area (Å²) in [6, 6.07) is 4.15. The fourth-order valence-corrected chi connectivity index (χ4v) is 2.22. The van der Waals surface area contributed by atoms with Crippen molar-refractivity contribution in [3.05, 3.63) is 27.7 Å². The van der Waals surface area contributed by atoms with Crippen LogP contribution in [0.5, 0.6) is 5.75 Å². The molecule has 70 valence electrons. The summed E-state index contributed by atoms with van der Waals surface area (Å²) >= 11 is 3.55. The first-order chi connectivity index (χ1) is 6.20. The van der Waals surface area contributed by atoms with Crippen LogP contribution in [0.4, 0.5) is 0 Å². The molecule has 0 aliphatic carbocycles. The van der Waals surface area contributed by atoms with Gasteiger partial charge in [0.2, 0.25) is 0 Å². The van der Waals surface area contributed by atoms with Crippen molar-refractivity contribution in [2.75, 3.05) is 6.61 Å². The van der Waals surface area contributed by atoms with Crippen molar-refractivity contribution in [1.29, 1.82) is 0 Å². The van der Waals surface area contributed by atoms with Crippen molar-refractivity contribution >= 4 is 15.9 Å². The molecule has 0 aromatic heterocycles. The summed E-state index contributed by atoms with van der Waals surface area (Å²) in [6.07, 6.45) is 0.898. The highest BCUT2D eigenvalue weighted by Crippen LogP contribution is 2.37. The topological polar surface area (TPSA) is 35.2 Å². The molecule has 0 saturated carbocycles. The molecule has 1 heterocycles. The van der Waals surface area contributed by atoms with Gasteiger partial charge < -0.3 is 10.5 Å². The van der Waals surface area contributed by atoms with Crippen LogP contribution >= 0.6 is 15.9 Å². The molecule has 1 aromatic rings. The van der Waals surface area contributed by atoms with Gasteiger partial charge in [0, 0.05) is 22.5 Å². The lowest BCUT2D eigenvalue weighted by Gasteiger charge is -2.24. The molecule has 1 aromatic carbocycles. The molecule has 1 aliphatic heterocycles. The van der Waals surface area contributed by atoms with Crippen LogP contribution in [0.1, 0.15) is 23.6 Å². The Labute approximate surface area is 86.2 Å². The number of fused-ring (bicyclic) bond motifs is 1. The Morgan fingerprint density at radius 3 is 3.08 bits per heavy atom. The van der Waals surface area contributed by atoms with E-state index in [0.717, 1.165) is 28.8 Å². The molecule has 1 atom stereocenters. The maximum atomic E-state index is 6.01. The van der Waals surface area contributed by atoms with Crippen molar-refractivity contribution in [3.63, 3.8) is 0 Å². The van der Waals surface area contributed by atoms with Gasteiger partial charge in [-0.3, -0.25) is 0 Å². The van der Waals surface area contributed by atoms with Crippen LogP contribution in [-0.2, 0) is 0 Å². The third-order valence-corrected chi connectivity index (χ3v) is 3.44. The van der Waals surface area contributed by atoms with Crippen molar-refractivity contribution in [2.24, 2.45) is 5.73 Å². The highest BCUT2D eigenvalue weighted by atomic mass is 79.9. The van der Waals surface area contributed by atoms with Gasteiger partial charge in [0.1, 0.15) is 5.75 Å². The SMILES string of the molecule is Cc1ccc2c(c1Br)[C@H](N)CCO2. The Balaban J connectivity index is 2.58. The largest absolute Gasteiger partial charge is 0.493 e. The first kappa shape index (κ1) is 9.03. The number of benzene rings is 1. The van der Waals surface area contributed by atoms with Crippen molar-refractivity contribution in [3.8, 4) is 5.75 Å². The predicted octanol–water partition coefficient (Wildman–Crippen LogP) is 2.54. The summed E-state index contributed by atoms with van der Waals surface area (Å²) in [6.45, 7) is 2.79. The van der Waals surface area contributed by atoms with Crippen LogP contribution in [0.25, 0.3) is 0 Å². The van der Waals surface area contributed by atoms with Crippen LogP contribution in [0, 0.1) is 6.92 Å². The zero-order valence-corrected chi connectivity index (χ0v) is 9.10. The molecule has 0 fully saturated rings. The summed E-state index contributed by atoms with van der Waals surface area (Å²) in [5, 5.41) is 0. The van der Waals surface area contributed by atoms with Gasteiger partial charge in [-0.25, -0.2) is 0 Å². The molecule has 0 bridgehead atoms. The fourth-order valence-electron chi connectivity index (χ4n) is 1.60. The number of ether oxygens (including phenoxy) is 1. The summed E-state index contributed by atoms with van der Waals surface area (Å²) in [5.74, 6) is 0.927. The Morgan fingerprint density at radius 1 is 1.54 bits per heavy atom. The molecule has 0 radical (unpaired) electrons. The second-order valence-corrected chi connectivity index (χ2v) is 4.14. The Morgan fingerprint density at radius 2 is 2.31 bits per heavy atom. The molecule has 13 heavy (non-hydrogen) atoms. The van der Waals surface area contributed by atoms with Crippen molar-refractivity contribution in [2.45, 2.75) is 19.4 Å². The molecule has 0 saturated heterocycles. The smallest absolute Gasteiger partial charge is 0.125 e. The highest BCUT2D eigenvalue weighted by molar-refractivity contribution is 9.10. The average Bonchev–Trinajstić information content (AvgIpc) is 2.12. The number of hydrogen-bond acceptors (Lipinski definition) is 2. The van der Waals surface area contributed by atoms with Gasteiger partial charge in [-0.15, -0.1) is 0 Å². The first-order valence-corrected chi connectivity index (χ1v) is 5.17. The molecule has 0 amide bonds. The zero-order chi connectivity index (χ0) is 9.42. The summed E-state index contributed by atoms with van der Waals surface area (Å²) in [5.41, 5.74) is 8.33. The molecule has 1 aliphatic rings. The molecule has 0 spiro atoms. The molecule has 0 unspecified atom stereocenters. The monoisotopic (exact) mass is 241 g/mol. The van der Waals surface area contributed by atoms with Gasteiger partial charge in [-0.05, 0) is 18.6 Å². The van der Waals surface area contributed by atoms with Crippen LogP contribution in [0.3, 0.4) is 0 Å². The molecule has 3 heteroatoms. The van der Waals surface area contributed by atoms with E-state index in [9.17, 15) is 0 Å². The van der Waals surface area contributed by atoms with Crippen molar-refractivity contribution in [1.82, 2.24) is 0 Å². The normalized spacial score (nSPS) is 20.7. The van der Waals surface area contributed by atoms with E-state index in [1.807, 2.05) is 12.1 Å². The van der Waals surface area contributed by atoms with Gasteiger partial charge in [-0.2, -0.15) is 0 Å². The number of rotatable bonds is 0. The molecule has 2 N–H and O–H groups in total. The van der Waals surface area contributed by atoms with Gasteiger partial charge in [-0.1, -0.05) is 22.0 Å². The molecular formula is C10H12BrNO. The summed E-state index contributed by atoms with van der Waals surface area (Å²) in [4.78, 5) is 0. The summed E-state index contributed by atoms with van der Waals surface area (Å²) in [7, 11) is 0. The Hall–Kier alpha value is -0.540. The van der Waals surface area contributed by atoms with Gasteiger partial charge in [0.05, 0.1) is 6.61 Å². The minimum absolute atomic E-state index is 0.109. The lowest BCUT2D eigenvalue weighted by Crippen LogP contribution is -2.21. The molecule has 2 nitrogen and oxygen atoms in total. The predicted molar refractivity (Wildman–Crippen MR) is 55.9 cm³/mol. The number of aryl methyl sites for hydroxylation is 1. The number of hydrogen-bond donors (Lipinski definition) is 1. The number of nitrogens with two attached hydrogens (primary N) is 1. The Bertz CT molecular complexity index is 338.